The summed E-state index contributed by atoms with van der Waals surface area (Å²) in [4.78, 5) is 14.9. The number of piperidine rings is 1. The van der Waals surface area contributed by atoms with Gasteiger partial charge in [0.05, 0.1) is 25.7 Å². The average molecular weight is 470 g/mol. The molecule has 1 aromatic carbocycles. The quantitative estimate of drug-likeness (QED) is 0.477. The van der Waals surface area contributed by atoms with Gasteiger partial charge in [-0.2, -0.15) is 0 Å². The fourth-order valence-corrected chi connectivity index (χ4v) is 5.13. The first-order valence-electron chi connectivity index (χ1n) is 11.3. The van der Waals surface area contributed by atoms with Crippen LogP contribution in [0.4, 0.5) is 5.95 Å². The van der Waals surface area contributed by atoms with Crippen molar-refractivity contribution in [2.24, 2.45) is 11.8 Å². The van der Waals surface area contributed by atoms with Crippen LogP contribution in [0.3, 0.4) is 0 Å². The van der Waals surface area contributed by atoms with E-state index in [0.29, 0.717) is 30.1 Å². The number of anilines is 1. The molecule has 1 aliphatic rings. The van der Waals surface area contributed by atoms with Crippen LogP contribution in [0.15, 0.2) is 52.2 Å². The summed E-state index contributed by atoms with van der Waals surface area (Å²) in [5.74, 6) is 3.80. The highest BCUT2D eigenvalue weighted by Crippen LogP contribution is 2.29. The minimum atomic E-state index is -0.0692. The SMILES string of the molecule is COc1ccccc1CNC(=O)CSc1nnc(N2CC(C)CC(C)C2)n1Cc1ccco1. The van der Waals surface area contributed by atoms with Crippen LogP contribution in [-0.4, -0.2) is 46.6 Å². The zero-order chi connectivity index (χ0) is 23.2. The molecule has 3 heterocycles. The number of amides is 1. The van der Waals surface area contributed by atoms with Gasteiger partial charge in [0.25, 0.3) is 0 Å². The Morgan fingerprint density at radius 1 is 1.18 bits per heavy atom. The molecule has 9 heteroatoms. The fraction of sp³-hybridized carbons (Fsp3) is 0.458. The molecule has 0 saturated carbocycles. The Labute approximate surface area is 198 Å². The van der Waals surface area contributed by atoms with Gasteiger partial charge in [0.1, 0.15) is 11.5 Å². The van der Waals surface area contributed by atoms with E-state index in [9.17, 15) is 4.79 Å². The van der Waals surface area contributed by atoms with Crippen molar-refractivity contribution in [1.29, 1.82) is 0 Å². The number of para-hydroxylation sites is 1. The molecule has 3 aromatic rings. The van der Waals surface area contributed by atoms with Crippen molar-refractivity contribution in [3.63, 3.8) is 0 Å². The third-order valence-corrected chi connectivity index (χ3v) is 6.71. The molecule has 1 aliphatic heterocycles. The summed E-state index contributed by atoms with van der Waals surface area (Å²) in [6.45, 7) is 7.39. The van der Waals surface area contributed by atoms with Crippen molar-refractivity contribution < 1.29 is 13.9 Å². The molecule has 1 amide bonds. The number of carbonyl (C=O) groups is 1. The van der Waals surface area contributed by atoms with Crippen molar-refractivity contribution >= 4 is 23.6 Å². The Hall–Kier alpha value is -2.94. The molecule has 1 saturated heterocycles. The molecule has 2 atom stereocenters. The first-order chi connectivity index (χ1) is 16.0. The first-order valence-corrected chi connectivity index (χ1v) is 12.2. The van der Waals surface area contributed by atoms with Gasteiger partial charge in [-0.1, -0.05) is 43.8 Å². The van der Waals surface area contributed by atoms with Crippen LogP contribution in [0.25, 0.3) is 0 Å². The molecule has 2 aromatic heterocycles. The van der Waals surface area contributed by atoms with Gasteiger partial charge in [-0.25, -0.2) is 0 Å². The summed E-state index contributed by atoms with van der Waals surface area (Å²) >= 11 is 1.39. The fourth-order valence-electron chi connectivity index (χ4n) is 4.37. The molecule has 0 aliphatic carbocycles. The molecular formula is C24H31N5O3S. The smallest absolute Gasteiger partial charge is 0.230 e. The number of nitrogens with zero attached hydrogens (tertiary/aromatic N) is 4. The lowest BCUT2D eigenvalue weighted by Gasteiger charge is -2.35. The standard InChI is InChI=1S/C24H31N5O3S/c1-17-11-18(2)14-28(13-17)23-26-27-24(29(23)15-20-8-6-10-32-20)33-16-22(30)25-12-19-7-4-5-9-21(19)31-3/h4-10,17-18H,11-16H2,1-3H3,(H,25,30). The second kappa shape index (κ2) is 10.8. The number of methoxy groups -OCH3 is 1. The number of hydrogen-bond donors (Lipinski definition) is 1. The molecule has 2 unspecified atom stereocenters. The van der Waals surface area contributed by atoms with E-state index in [2.05, 4.69) is 38.8 Å². The van der Waals surface area contributed by atoms with Crippen LogP contribution >= 0.6 is 11.8 Å². The maximum Gasteiger partial charge on any atom is 0.230 e. The van der Waals surface area contributed by atoms with E-state index in [4.69, 9.17) is 9.15 Å². The zero-order valence-corrected chi connectivity index (χ0v) is 20.2. The van der Waals surface area contributed by atoms with Gasteiger partial charge in [-0.3, -0.25) is 9.36 Å². The minimum Gasteiger partial charge on any atom is -0.496 e. The molecule has 33 heavy (non-hydrogen) atoms. The number of nitrogens with one attached hydrogen (secondary N) is 1. The topological polar surface area (TPSA) is 85.4 Å². The van der Waals surface area contributed by atoms with Crippen LogP contribution in [0.2, 0.25) is 0 Å². The Balaban J connectivity index is 1.44. The van der Waals surface area contributed by atoms with Crippen LogP contribution in [0, 0.1) is 11.8 Å². The highest BCUT2D eigenvalue weighted by atomic mass is 32.2. The number of benzene rings is 1. The number of thioether (sulfide) groups is 1. The average Bonchev–Trinajstić information content (AvgIpc) is 3.46. The van der Waals surface area contributed by atoms with Gasteiger partial charge >= 0.3 is 0 Å². The Bertz CT molecular complexity index is 1040. The van der Waals surface area contributed by atoms with Crippen molar-refractivity contribution in [3.8, 4) is 5.75 Å². The number of ether oxygens (including phenoxy) is 1. The second-order valence-electron chi connectivity index (χ2n) is 8.68. The Morgan fingerprint density at radius 3 is 2.70 bits per heavy atom. The molecule has 4 rings (SSSR count). The number of furan rings is 1. The normalized spacial score (nSPS) is 18.3. The molecule has 1 fully saturated rings. The van der Waals surface area contributed by atoms with E-state index >= 15 is 0 Å². The number of aromatic nitrogens is 3. The van der Waals surface area contributed by atoms with Crippen LogP contribution in [0.1, 0.15) is 31.6 Å². The maximum atomic E-state index is 12.6. The molecule has 0 spiro atoms. The molecule has 8 nitrogen and oxygen atoms in total. The zero-order valence-electron chi connectivity index (χ0n) is 19.4. The molecule has 1 N–H and O–H groups in total. The summed E-state index contributed by atoms with van der Waals surface area (Å²) < 4.78 is 13.0. The predicted molar refractivity (Wildman–Crippen MR) is 129 cm³/mol. The number of rotatable bonds is 9. The Kier molecular flexibility index (Phi) is 7.59. The summed E-state index contributed by atoms with van der Waals surface area (Å²) in [5, 5.41) is 12.6. The van der Waals surface area contributed by atoms with E-state index < -0.39 is 0 Å². The summed E-state index contributed by atoms with van der Waals surface area (Å²) in [6.07, 6.45) is 2.89. The van der Waals surface area contributed by atoms with Crippen LogP contribution < -0.4 is 15.0 Å². The summed E-state index contributed by atoms with van der Waals surface area (Å²) in [7, 11) is 1.63. The van der Waals surface area contributed by atoms with E-state index in [-0.39, 0.29) is 11.7 Å². The van der Waals surface area contributed by atoms with E-state index in [0.717, 1.165) is 36.1 Å². The van der Waals surface area contributed by atoms with Crippen molar-refractivity contribution in [2.45, 2.75) is 38.5 Å². The molecule has 176 valence electrons. The van der Waals surface area contributed by atoms with Gasteiger partial charge in [-0.05, 0) is 36.5 Å². The van der Waals surface area contributed by atoms with E-state index in [1.165, 1.54) is 18.2 Å². The van der Waals surface area contributed by atoms with Gasteiger partial charge in [0.15, 0.2) is 5.16 Å². The van der Waals surface area contributed by atoms with Crippen LogP contribution in [-0.2, 0) is 17.9 Å². The van der Waals surface area contributed by atoms with Crippen molar-refractivity contribution in [2.75, 3.05) is 30.9 Å². The number of carbonyl (C=O) groups excluding carboxylic acids is 1. The van der Waals surface area contributed by atoms with Gasteiger partial charge in [0.2, 0.25) is 11.9 Å². The van der Waals surface area contributed by atoms with E-state index in [1.807, 2.05) is 36.4 Å². The molecule has 0 bridgehead atoms. The maximum absolute atomic E-state index is 12.6. The molecule has 0 radical (unpaired) electrons. The van der Waals surface area contributed by atoms with Gasteiger partial charge in [-0.15, -0.1) is 10.2 Å². The predicted octanol–water partition coefficient (Wildman–Crippen LogP) is 3.82. The Morgan fingerprint density at radius 2 is 1.97 bits per heavy atom. The third-order valence-electron chi connectivity index (χ3n) is 5.74. The van der Waals surface area contributed by atoms with Crippen LogP contribution in [0.5, 0.6) is 5.75 Å². The lowest BCUT2D eigenvalue weighted by Crippen LogP contribution is -2.40. The molecular weight excluding hydrogens is 438 g/mol. The largest absolute Gasteiger partial charge is 0.496 e. The number of hydrogen-bond acceptors (Lipinski definition) is 7. The lowest BCUT2D eigenvalue weighted by atomic mass is 9.92. The van der Waals surface area contributed by atoms with E-state index in [1.54, 1.807) is 13.4 Å². The third kappa shape index (κ3) is 5.90. The highest BCUT2D eigenvalue weighted by Gasteiger charge is 2.27. The first kappa shape index (κ1) is 23.2. The monoisotopic (exact) mass is 469 g/mol. The van der Waals surface area contributed by atoms with Crippen molar-refractivity contribution in [3.05, 3.63) is 54.0 Å². The highest BCUT2D eigenvalue weighted by molar-refractivity contribution is 7.99. The minimum absolute atomic E-state index is 0.0692. The van der Waals surface area contributed by atoms with Gasteiger partial charge < -0.3 is 19.4 Å². The summed E-state index contributed by atoms with van der Waals surface area (Å²) in [6, 6.07) is 11.5. The summed E-state index contributed by atoms with van der Waals surface area (Å²) in [5.41, 5.74) is 0.940. The van der Waals surface area contributed by atoms with Crippen molar-refractivity contribution in [1.82, 2.24) is 20.1 Å². The lowest BCUT2D eigenvalue weighted by molar-refractivity contribution is -0.118. The van der Waals surface area contributed by atoms with Gasteiger partial charge in [0, 0.05) is 25.2 Å². The second-order valence-corrected chi connectivity index (χ2v) is 9.62.